The summed E-state index contributed by atoms with van der Waals surface area (Å²) in [6.45, 7) is 0.829. The van der Waals surface area contributed by atoms with Crippen LogP contribution in [0.1, 0.15) is 37.5 Å². The van der Waals surface area contributed by atoms with Crippen molar-refractivity contribution in [3.05, 3.63) is 65.2 Å². The predicted octanol–water partition coefficient (Wildman–Crippen LogP) is 1.88. The Hall–Kier alpha value is -3.15. The Morgan fingerprint density at radius 3 is 2.17 bits per heavy atom. The number of nitrogens with zero attached hydrogens (tertiary/aromatic N) is 1. The van der Waals surface area contributed by atoms with Crippen LogP contribution >= 0.6 is 0 Å². The van der Waals surface area contributed by atoms with Gasteiger partial charge in [0.1, 0.15) is 0 Å². The smallest absolute Gasteiger partial charge is 0.261 e. The van der Waals surface area contributed by atoms with Crippen LogP contribution in [-0.2, 0) is 0 Å². The van der Waals surface area contributed by atoms with Crippen LogP contribution in [0.2, 0.25) is 0 Å². The molecule has 3 N–H and O–H groups in total. The van der Waals surface area contributed by atoms with Gasteiger partial charge in [0.25, 0.3) is 17.7 Å². The van der Waals surface area contributed by atoms with E-state index in [1.807, 2.05) is 0 Å². The predicted molar refractivity (Wildman–Crippen MR) is 89.9 cm³/mol. The number of carbonyl (C=O) groups excluding carboxylic acids is 3. The summed E-state index contributed by atoms with van der Waals surface area (Å²) in [4.78, 5) is 37.1. The zero-order valence-corrected chi connectivity index (χ0v) is 13.0. The van der Waals surface area contributed by atoms with Gasteiger partial charge in [-0.05, 0) is 30.7 Å². The normalized spacial score (nSPS) is 13.1. The molecule has 0 atom stereocenters. The number of amides is 3. The molecule has 6 heteroatoms. The van der Waals surface area contributed by atoms with Gasteiger partial charge in [0.15, 0.2) is 0 Å². The third kappa shape index (κ3) is 2.86. The van der Waals surface area contributed by atoms with Crippen LogP contribution in [0.15, 0.2) is 48.5 Å². The number of benzene rings is 2. The van der Waals surface area contributed by atoms with Crippen LogP contribution in [0.4, 0.5) is 5.69 Å². The van der Waals surface area contributed by atoms with Gasteiger partial charge in [0.2, 0.25) is 0 Å². The lowest BCUT2D eigenvalue weighted by atomic mass is 10.1. The lowest BCUT2D eigenvalue weighted by Crippen LogP contribution is -2.31. The lowest BCUT2D eigenvalue weighted by Gasteiger charge is -2.15. The summed E-state index contributed by atoms with van der Waals surface area (Å²) in [5.41, 5.74) is 7.29. The fraction of sp³-hybridized carbons (Fsp3) is 0.167. The van der Waals surface area contributed by atoms with Crippen LogP contribution in [0.5, 0.6) is 0 Å². The molecular formula is C18H17N3O3. The molecule has 0 saturated carbocycles. The number of hydrogen-bond donors (Lipinski definition) is 2. The number of rotatable bonds is 6. The summed E-state index contributed by atoms with van der Waals surface area (Å²) >= 11 is 0. The van der Waals surface area contributed by atoms with E-state index in [0.717, 1.165) is 0 Å². The minimum Gasteiger partial charge on any atom is -0.384 e. The Kier molecular flexibility index (Phi) is 4.29. The first-order chi connectivity index (χ1) is 11.6. The first kappa shape index (κ1) is 15.7. The molecule has 3 amide bonds. The number of carbonyl (C=O) groups is 3. The Bertz CT molecular complexity index is 782. The Morgan fingerprint density at radius 2 is 1.54 bits per heavy atom. The molecule has 2 aromatic rings. The van der Waals surface area contributed by atoms with Crippen LogP contribution < -0.4 is 11.1 Å². The Morgan fingerprint density at radius 1 is 0.958 bits per heavy atom. The third-order valence-electron chi connectivity index (χ3n) is 3.94. The molecule has 0 bridgehead atoms. The summed E-state index contributed by atoms with van der Waals surface area (Å²) in [6, 6.07) is 13.8. The second-order valence-electron chi connectivity index (χ2n) is 5.50. The van der Waals surface area contributed by atoms with E-state index in [4.69, 9.17) is 5.73 Å². The van der Waals surface area contributed by atoms with E-state index < -0.39 is 5.91 Å². The molecule has 2 aromatic carbocycles. The quantitative estimate of drug-likeness (QED) is 0.627. The molecule has 1 heterocycles. The molecule has 3 rings (SSSR count). The number of anilines is 1. The number of primary amides is 1. The van der Waals surface area contributed by atoms with Gasteiger partial charge in [0.05, 0.1) is 16.7 Å². The maximum Gasteiger partial charge on any atom is 0.261 e. The molecule has 122 valence electrons. The zero-order valence-electron chi connectivity index (χ0n) is 13.0. The van der Waals surface area contributed by atoms with Crippen LogP contribution in [0.25, 0.3) is 0 Å². The molecule has 0 aromatic heterocycles. The summed E-state index contributed by atoms with van der Waals surface area (Å²) in [5, 5.41) is 3.12. The topological polar surface area (TPSA) is 92.5 Å². The van der Waals surface area contributed by atoms with Crippen LogP contribution in [0, 0.1) is 0 Å². The largest absolute Gasteiger partial charge is 0.384 e. The van der Waals surface area contributed by atoms with E-state index in [0.29, 0.717) is 41.9 Å². The van der Waals surface area contributed by atoms with E-state index in [2.05, 4.69) is 5.32 Å². The van der Waals surface area contributed by atoms with Gasteiger partial charge in [-0.1, -0.05) is 24.3 Å². The van der Waals surface area contributed by atoms with Gasteiger partial charge in [-0.2, -0.15) is 0 Å². The van der Waals surface area contributed by atoms with Crippen LogP contribution in [-0.4, -0.2) is 35.7 Å². The number of nitrogens with two attached hydrogens (primary N) is 1. The average molecular weight is 323 g/mol. The molecule has 0 radical (unpaired) electrons. The number of nitrogens with one attached hydrogen (secondary N) is 1. The molecule has 0 saturated heterocycles. The highest BCUT2D eigenvalue weighted by molar-refractivity contribution is 6.21. The Balaban J connectivity index is 1.58. The summed E-state index contributed by atoms with van der Waals surface area (Å²) in [7, 11) is 0. The van der Waals surface area contributed by atoms with E-state index in [-0.39, 0.29) is 11.8 Å². The van der Waals surface area contributed by atoms with Crippen molar-refractivity contribution in [2.45, 2.75) is 6.42 Å². The van der Waals surface area contributed by atoms with Gasteiger partial charge >= 0.3 is 0 Å². The van der Waals surface area contributed by atoms with Gasteiger partial charge in [-0.3, -0.25) is 19.3 Å². The summed E-state index contributed by atoms with van der Waals surface area (Å²) < 4.78 is 0. The van der Waals surface area contributed by atoms with Crippen molar-refractivity contribution in [2.24, 2.45) is 5.73 Å². The SMILES string of the molecule is NC(=O)c1ccccc1NCCCN1C(=O)c2ccccc2C1=O. The number of fused-ring (bicyclic) bond motifs is 1. The van der Waals surface area contributed by atoms with Gasteiger partial charge < -0.3 is 11.1 Å². The van der Waals surface area contributed by atoms with Crippen molar-refractivity contribution in [1.82, 2.24) is 4.90 Å². The molecular weight excluding hydrogens is 306 g/mol. The molecule has 0 fully saturated rings. The Labute approximate surface area is 139 Å². The second kappa shape index (κ2) is 6.54. The van der Waals surface area contributed by atoms with E-state index >= 15 is 0 Å². The van der Waals surface area contributed by atoms with Crippen molar-refractivity contribution in [3.63, 3.8) is 0 Å². The van der Waals surface area contributed by atoms with Crippen molar-refractivity contribution in [3.8, 4) is 0 Å². The molecule has 6 nitrogen and oxygen atoms in total. The molecule has 1 aliphatic heterocycles. The summed E-state index contributed by atoms with van der Waals surface area (Å²) in [6.07, 6.45) is 0.568. The zero-order chi connectivity index (χ0) is 17.1. The standard InChI is InChI=1S/C18H17N3O3/c19-16(22)14-8-3-4-9-15(14)20-10-5-11-21-17(23)12-6-1-2-7-13(12)18(21)24/h1-4,6-9,20H,5,10-11H2,(H2,19,22). The fourth-order valence-electron chi connectivity index (χ4n) is 2.75. The van der Waals surface area contributed by atoms with Crippen molar-refractivity contribution < 1.29 is 14.4 Å². The number of imide groups is 1. The molecule has 0 spiro atoms. The minimum atomic E-state index is -0.501. The van der Waals surface area contributed by atoms with Crippen molar-refractivity contribution >= 4 is 23.4 Å². The van der Waals surface area contributed by atoms with Gasteiger partial charge in [-0.25, -0.2) is 0 Å². The molecule has 0 aliphatic carbocycles. The molecule has 24 heavy (non-hydrogen) atoms. The monoisotopic (exact) mass is 323 g/mol. The van der Waals surface area contributed by atoms with Crippen molar-refractivity contribution in [1.29, 1.82) is 0 Å². The minimum absolute atomic E-state index is 0.256. The van der Waals surface area contributed by atoms with Gasteiger partial charge in [-0.15, -0.1) is 0 Å². The highest BCUT2D eigenvalue weighted by atomic mass is 16.2. The number of para-hydroxylation sites is 1. The summed E-state index contributed by atoms with van der Waals surface area (Å²) in [5.74, 6) is -1.01. The van der Waals surface area contributed by atoms with Gasteiger partial charge in [0, 0.05) is 18.8 Å². The average Bonchev–Trinajstić information content (AvgIpc) is 2.84. The maximum atomic E-state index is 12.2. The van der Waals surface area contributed by atoms with E-state index in [9.17, 15) is 14.4 Å². The van der Waals surface area contributed by atoms with Crippen LogP contribution in [0.3, 0.4) is 0 Å². The van der Waals surface area contributed by atoms with Crippen molar-refractivity contribution in [2.75, 3.05) is 18.4 Å². The first-order valence-corrected chi connectivity index (χ1v) is 7.67. The third-order valence-corrected chi connectivity index (χ3v) is 3.94. The molecule has 0 unspecified atom stereocenters. The second-order valence-corrected chi connectivity index (χ2v) is 5.50. The molecule has 1 aliphatic rings. The fourth-order valence-corrected chi connectivity index (χ4v) is 2.75. The highest BCUT2D eigenvalue weighted by Gasteiger charge is 2.34. The maximum absolute atomic E-state index is 12.2. The lowest BCUT2D eigenvalue weighted by molar-refractivity contribution is 0.0653. The van der Waals surface area contributed by atoms with E-state index in [1.54, 1.807) is 48.5 Å². The first-order valence-electron chi connectivity index (χ1n) is 7.67. The van der Waals surface area contributed by atoms with E-state index in [1.165, 1.54) is 4.90 Å². The highest BCUT2D eigenvalue weighted by Crippen LogP contribution is 2.22. The number of hydrogen-bond acceptors (Lipinski definition) is 4.